The number of hydrogen-bond acceptors (Lipinski definition) is 17. The van der Waals surface area contributed by atoms with E-state index in [1.165, 1.54) is 31.4 Å². The summed E-state index contributed by atoms with van der Waals surface area (Å²) < 4.78 is 38.3. The molecule has 3 aromatic rings. The first-order chi connectivity index (χ1) is 22.7. The number of carboxylic acids is 1. The van der Waals surface area contributed by atoms with Crippen molar-refractivity contribution in [1.82, 2.24) is 0 Å². The van der Waals surface area contributed by atoms with Crippen molar-refractivity contribution in [2.24, 2.45) is 0 Å². The zero-order valence-corrected chi connectivity index (χ0v) is 25.0. The smallest absolute Gasteiger partial charge is 0.317 e. The molecule has 2 saturated heterocycles. The van der Waals surface area contributed by atoms with Crippen LogP contribution in [0.2, 0.25) is 0 Å². The summed E-state index contributed by atoms with van der Waals surface area (Å²) in [5, 5.41) is 81.4. The number of carboxylic acid groups (broad SMARTS) is 1. The Labute approximate surface area is 269 Å². The van der Waals surface area contributed by atoms with E-state index >= 15 is 0 Å². The van der Waals surface area contributed by atoms with Crippen LogP contribution in [0.15, 0.2) is 45.6 Å². The number of methoxy groups -OCH3 is 1. The number of phenols is 2. The summed E-state index contributed by atoms with van der Waals surface area (Å²) >= 11 is 0. The van der Waals surface area contributed by atoms with Crippen LogP contribution in [0.25, 0.3) is 22.3 Å². The average molecular weight is 681 g/mol. The molecule has 0 saturated carbocycles. The van der Waals surface area contributed by atoms with Crippen LogP contribution < -0.4 is 14.9 Å². The predicted octanol–water partition coefficient (Wildman–Crippen LogP) is -1.45. The highest BCUT2D eigenvalue weighted by Gasteiger charge is 2.53. The zero-order chi connectivity index (χ0) is 34.9. The third-order valence-electron chi connectivity index (χ3n) is 7.72. The first-order valence-electron chi connectivity index (χ1n) is 14.3. The molecule has 0 unspecified atom stereocenters. The number of aliphatic carboxylic acids is 1. The second-order valence-electron chi connectivity index (χ2n) is 11.1. The largest absolute Gasteiger partial charge is 0.507 e. The lowest BCUT2D eigenvalue weighted by Crippen LogP contribution is -2.62. The maximum absolute atomic E-state index is 13.0. The van der Waals surface area contributed by atoms with Crippen molar-refractivity contribution in [3.63, 3.8) is 0 Å². The molecule has 0 spiro atoms. The number of fused-ring (bicyclic) bond motifs is 1. The van der Waals surface area contributed by atoms with Crippen LogP contribution in [0, 0.1) is 0 Å². The number of phenolic OH excluding ortho intramolecular Hbond substituents is 2. The quantitative estimate of drug-likeness (QED) is 0.0849. The van der Waals surface area contributed by atoms with Gasteiger partial charge in [-0.25, -0.2) is 0 Å². The molecular weight excluding hydrogens is 648 g/mol. The molecule has 2 aliphatic rings. The minimum absolute atomic E-state index is 0.0167. The van der Waals surface area contributed by atoms with Crippen molar-refractivity contribution in [2.45, 2.75) is 55.1 Å². The highest BCUT2D eigenvalue weighted by Crippen LogP contribution is 2.37. The molecule has 18 nitrogen and oxygen atoms in total. The highest BCUT2D eigenvalue weighted by molar-refractivity contribution is 5.90. The van der Waals surface area contributed by atoms with Crippen LogP contribution in [0.4, 0.5) is 0 Å². The summed E-state index contributed by atoms with van der Waals surface area (Å²) in [4.78, 5) is 35.6. The van der Waals surface area contributed by atoms with Gasteiger partial charge in [0.2, 0.25) is 6.29 Å². The third kappa shape index (κ3) is 7.00. The average Bonchev–Trinajstić information content (AvgIpc) is 3.32. The maximum atomic E-state index is 13.0. The molecule has 2 aromatic carbocycles. The van der Waals surface area contributed by atoms with E-state index in [0.717, 1.165) is 12.1 Å². The fraction of sp³-hybridized carbons (Fsp3) is 0.433. The van der Waals surface area contributed by atoms with Crippen LogP contribution in [-0.4, -0.2) is 128 Å². The standard InChI is InChI=1S/C30H32O18/c1-42-18-4-12(2-3-14(18)32)17-7-16(34)23-15(33)5-13(6-19(23)46-17)45-28-26(48-29-27(40)30(41,10-31)11-44-29)25(39)24(38)20(47-28)9-43-22(37)8-21(35)36/h2-7,20,24-29,31-33,38-41H,8-11H2,1H3,(H,35,36)/t20-,24-,25+,26-,27+,28-,29+,30-/m1/s1. The summed E-state index contributed by atoms with van der Waals surface area (Å²) in [6.07, 6.45) is -13.3. The minimum atomic E-state index is -2.12. The van der Waals surface area contributed by atoms with Gasteiger partial charge in [-0.05, 0) is 18.2 Å². The van der Waals surface area contributed by atoms with Gasteiger partial charge in [0.05, 0.1) is 20.3 Å². The number of carbonyl (C=O) groups excluding carboxylic acids is 1. The highest BCUT2D eigenvalue weighted by atomic mass is 16.8. The Morgan fingerprint density at radius 2 is 1.77 bits per heavy atom. The van der Waals surface area contributed by atoms with Gasteiger partial charge in [-0.3, -0.25) is 14.4 Å². The van der Waals surface area contributed by atoms with Crippen molar-refractivity contribution >= 4 is 22.9 Å². The van der Waals surface area contributed by atoms with E-state index in [0.29, 0.717) is 5.56 Å². The Morgan fingerprint density at radius 1 is 1.02 bits per heavy atom. The number of esters is 1. The second kappa shape index (κ2) is 13.9. The lowest BCUT2D eigenvalue weighted by atomic mass is 9.98. The van der Waals surface area contributed by atoms with Gasteiger partial charge in [0, 0.05) is 23.8 Å². The Bertz CT molecular complexity index is 1720. The van der Waals surface area contributed by atoms with Gasteiger partial charge in [-0.1, -0.05) is 0 Å². The number of hydrogen-bond donors (Lipinski definition) is 8. The van der Waals surface area contributed by atoms with Gasteiger partial charge in [0.25, 0.3) is 0 Å². The van der Waals surface area contributed by atoms with E-state index in [-0.39, 0.29) is 34.0 Å². The molecule has 2 aliphatic heterocycles. The number of benzene rings is 2. The van der Waals surface area contributed by atoms with Crippen LogP contribution in [0.5, 0.6) is 23.0 Å². The van der Waals surface area contributed by atoms with Crippen molar-refractivity contribution in [2.75, 3.05) is 26.9 Å². The van der Waals surface area contributed by atoms with E-state index in [9.17, 15) is 50.1 Å². The molecule has 8 atom stereocenters. The fourth-order valence-corrected chi connectivity index (χ4v) is 5.12. The lowest BCUT2D eigenvalue weighted by Gasteiger charge is -2.42. The van der Waals surface area contributed by atoms with Gasteiger partial charge in [-0.2, -0.15) is 0 Å². The fourth-order valence-electron chi connectivity index (χ4n) is 5.12. The Balaban J connectivity index is 1.47. The summed E-state index contributed by atoms with van der Waals surface area (Å²) in [5.41, 5.74) is -2.63. The second-order valence-corrected chi connectivity index (χ2v) is 11.1. The van der Waals surface area contributed by atoms with Crippen molar-refractivity contribution in [1.29, 1.82) is 0 Å². The lowest BCUT2D eigenvalue weighted by molar-refractivity contribution is -0.319. The van der Waals surface area contributed by atoms with Crippen molar-refractivity contribution in [3.05, 3.63) is 46.6 Å². The predicted molar refractivity (Wildman–Crippen MR) is 155 cm³/mol. The first kappa shape index (κ1) is 34.8. The maximum Gasteiger partial charge on any atom is 0.317 e. The number of aromatic hydroxyl groups is 2. The Hall–Kier alpha value is -4.53. The van der Waals surface area contributed by atoms with Crippen LogP contribution >= 0.6 is 0 Å². The summed E-state index contributed by atoms with van der Waals surface area (Å²) in [7, 11) is 1.33. The van der Waals surface area contributed by atoms with E-state index < -0.39 is 98.1 Å². The molecule has 18 heteroatoms. The van der Waals surface area contributed by atoms with E-state index in [1.807, 2.05) is 0 Å². The van der Waals surface area contributed by atoms with Crippen LogP contribution in [0.3, 0.4) is 0 Å². The van der Waals surface area contributed by atoms with Gasteiger partial charge in [0.15, 0.2) is 29.3 Å². The molecule has 0 aliphatic carbocycles. The number of aliphatic hydroxyl groups is 5. The van der Waals surface area contributed by atoms with Gasteiger partial charge < -0.3 is 73.7 Å². The van der Waals surface area contributed by atoms with Crippen molar-refractivity contribution < 1.29 is 83.3 Å². The SMILES string of the molecule is COc1cc(-c2cc(=O)c3c(O)cc(O[C@@H]4O[C@H](COC(=O)CC(=O)O)[C@@H](O)[C@H](O)[C@H]4O[C@@H]4OC[C@](O)(CO)[C@H]4O)cc3o2)ccc1O. The van der Waals surface area contributed by atoms with Gasteiger partial charge >= 0.3 is 11.9 Å². The number of rotatable bonds is 11. The topological polar surface area (TPSA) is 282 Å². The minimum Gasteiger partial charge on any atom is -0.507 e. The van der Waals surface area contributed by atoms with Gasteiger partial charge in [-0.15, -0.1) is 0 Å². The Kier molecular flexibility index (Phi) is 10.1. The van der Waals surface area contributed by atoms with Gasteiger partial charge in [0.1, 0.15) is 71.3 Å². The molecule has 2 fully saturated rings. The number of carbonyl (C=O) groups is 2. The van der Waals surface area contributed by atoms with E-state index in [2.05, 4.69) is 0 Å². The molecule has 48 heavy (non-hydrogen) atoms. The van der Waals surface area contributed by atoms with Crippen LogP contribution in [-0.2, 0) is 28.5 Å². The molecule has 3 heterocycles. The van der Waals surface area contributed by atoms with E-state index in [4.69, 9.17) is 37.9 Å². The summed E-state index contributed by atoms with van der Waals surface area (Å²) in [6, 6.07) is 7.48. The summed E-state index contributed by atoms with van der Waals surface area (Å²) in [6.45, 7) is -2.23. The monoisotopic (exact) mass is 680 g/mol. The molecule has 0 amide bonds. The summed E-state index contributed by atoms with van der Waals surface area (Å²) in [5.74, 6) is -3.55. The van der Waals surface area contributed by atoms with Crippen molar-refractivity contribution in [3.8, 4) is 34.3 Å². The molecule has 260 valence electrons. The van der Waals surface area contributed by atoms with E-state index in [1.54, 1.807) is 0 Å². The number of aliphatic hydroxyl groups excluding tert-OH is 4. The molecule has 1 aromatic heterocycles. The number of ether oxygens (including phenoxy) is 6. The third-order valence-corrected chi connectivity index (χ3v) is 7.72. The Morgan fingerprint density at radius 3 is 2.44 bits per heavy atom. The molecule has 0 bridgehead atoms. The molecular formula is C30H32O18. The zero-order valence-electron chi connectivity index (χ0n) is 25.0. The van der Waals surface area contributed by atoms with Crippen LogP contribution in [0.1, 0.15) is 6.42 Å². The first-order valence-corrected chi connectivity index (χ1v) is 14.3. The normalized spacial score (nSPS) is 28.7. The molecule has 8 N–H and O–H groups in total. The molecule has 0 radical (unpaired) electrons. The molecule has 5 rings (SSSR count).